The summed E-state index contributed by atoms with van der Waals surface area (Å²) in [7, 11) is 1.70. The Morgan fingerprint density at radius 3 is 2.68 bits per heavy atom. The lowest BCUT2D eigenvalue weighted by atomic mass is 9.95. The van der Waals surface area contributed by atoms with Crippen LogP contribution in [0.4, 0.5) is 4.39 Å². The maximum Gasteiger partial charge on any atom is 0.162 e. The highest BCUT2D eigenvalue weighted by Gasteiger charge is 2.23. The number of ketones is 1. The first-order valence-corrected chi connectivity index (χ1v) is 6.60. The fourth-order valence-electron chi connectivity index (χ4n) is 2.47. The summed E-state index contributed by atoms with van der Waals surface area (Å²) in [4.78, 5) is 11.2. The molecule has 3 nitrogen and oxygen atoms in total. The molecule has 1 aromatic rings. The maximum atomic E-state index is 13.7. The maximum absolute atomic E-state index is 13.7. The fraction of sp³-hybridized carbons (Fsp3) is 0.533. The van der Waals surface area contributed by atoms with Crippen molar-refractivity contribution in [1.29, 1.82) is 0 Å². The quantitative estimate of drug-likeness (QED) is 0.784. The van der Waals surface area contributed by atoms with E-state index in [-0.39, 0.29) is 23.6 Å². The second-order valence-electron chi connectivity index (χ2n) is 4.96. The summed E-state index contributed by atoms with van der Waals surface area (Å²) < 4.78 is 24.8. The van der Waals surface area contributed by atoms with Gasteiger partial charge in [0.25, 0.3) is 0 Å². The Bertz CT molecular complexity index is 459. The zero-order valence-corrected chi connectivity index (χ0v) is 11.3. The topological polar surface area (TPSA) is 35.5 Å². The molecular weight excluding hydrogens is 247 g/mol. The normalized spacial score (nSPS) is 23.1. The summed E-state index contributed by atoms with van der Waals surface area (Å²) in [5.41, 5.74) is 0.103. The summed E-state index contributed by atoms with van der Waals surface area (Å²) in [6, 6.07) is 4.41. The van der Waals surface area contributed by atoms with E-state index in [1.807, 2.05) is 0 Å². The van der Waals surface area contributed by atoms with Crippen molar-refractivity contribution in [2.45, 2.75) is 44.8 Å². The predicted octanol–water partition coefficient (Wildman–Crippen LogP) is 3.36. The molecule has 2 atom stereocenters. The van der Waals surface area contributed by atoms with E-state index in [0.29, 0.717) is 5.75 Å². The molecule has 0 amide bonds. The number of ether oxygens (including phenoxy) is 2. The molecule has 1 saturated carbocycles. The number of hydrogen-bond donors (Lipinski definition) is 0. The van der Waals surface area contributed by atoms with E-state index in [1.165, 1.54) is 19.1 Å². The largest absolute Gasteiger partial charge is 0.490 e. The highest BCUT2D eigenvalue weighted by Crippen LogP contribution is 2.26. The van der Waals surface area contributed by atoms with Gasteiger partial charge in [-0.15, -0.1) is 0 Å². The first-order chi connectivity index (χ1) is 9.10. The van der Waals surface area contributed by atoms with Crippen molar-refractivity contribution in [3.63, 3.8) is 0 Å². The summed E-state index contributed by atoms with van der Waals surface area (Å²) in [5.74, 6) is -0.325. The van der Waals surface area contributed by atoms with E-state index in [4.69, 9.17) is 9.47 Å². The third kappa shape index (κ3) is 3.53. The minimum absolute atomic E-state index is 0.0567. The van der Waals surface area contributed by atoms with Crippen LogP contribution in [0.25, 0.3) is 0 Å². The van der Waals surface area contributed by atoms with Gasteiger partial charge >= 0.3 is 0 Å². The Kier molecular flexibility index (Phi) is 4.53. The summed E-state index contributed by atoms with van der Waals surface area (Å²) in [5, 5.41) is 0. The lowest BCUT2D eigenvalue weighted by Crippen LogP contribution is -2.29. The Morgan fingerprint density at radius 1 is 1.32 bits per heavy atom. The van der Waals surface area contributed by atoms with Gasteiger partial charge in [-0.1, -0.05) is 0 Å². The van der Waals surface area contributed by atoms with E-state index in [9.17, 15) is 9.18 Å². The van der Waals surface area contributed by atoms with Gasteiger partial charge < -0.3 is 9.47 Å². The Morgan fingerprint density at radius 2 is 2.05 bits per heavy atom. The first-order valence-electron chi connectivity index (χ1n) is 6.60. The van der Waals surface area contributed by atoms with Crippen LogP contribution in [0.5, 0.6) is 5.75 Å². The number of carbonyl (C=O) groups excluding carboxylic acids is 1. The minimum atomic E-state index is -0.524. The molecule has 4 heteroatoms. The molecule has 2 unspecified atom stereocenters. The van der Waals surface area contributed by atoms with Crippen molar-refractivity contribution < 1.29 is 18.7 Å². The van der Waals surface area contributed by atoms with Crippen molar-refractivity contribution >= 4 is 5.78 Å². The molecule has 0 N–H and O–H groups in total. The van der Waals surface area contributed by atoms with Crippen LogP contribution in [-0.2, 0) is 4.74 Å². The molecule has 1 aromatic carbocycles. The SMILES string of the molecule is COC1CCCC(Oc2ccc(C(C)=O)c(F)c2)C1. The van der Waals surface area contributed by atoms with Crippen molar-refractivity contribution in [2.75, 3.05) is 7.11 Å². The molecule has 0 bridgehead atoms. The van der Waals surface area contributed by atoms with Gasteiger partial charge in [0.2, 0.25) is 0 Å². The van der Waals surface area contributed by atoms with Crippen LogP contribution in [-0.4, -0.2) is 25.1 Å². The van der Waals surface area contributed by atoms with E-state index in [1.54, 1.807) is 13.2 Å². The number of rotatable bonds is 4. The van der Waals surface area contributed by atoms with Crippen molar-refractivity contribution in [2.24, 2.45) is 0 Å². The average molecular weight is 266 g/mol. The number of carbonyl (C=O) groups is 1. The minimum Gasteiger partial charge on any atom is -0.490 e. The molecule has 1 fully saturated rings. The number of methoxy groups -OCH3 is 1. The Hall–Kier alpha value is -1.42. The molecule has 0 saturated heterocycles. The van der Waals surface area contributed by atoms with E-state index < -0.39 is 5.82 Å². The first kappa shape index (κ1) is 14.0. The summed E-state index contributed by atoms with van der Waals surface area (Å²) in [6.07, 6.45) is 4.16. The van der Waals surface area contributed by atoms with Crippen LogP contribution >= 0.6 is 0 Å². The molecule has 0 aromatic heterocycles. The number of hydrogen-bond acceptors (Lipinski definition) is 3. The van der Waals surface area contributed by atoms with Crippen molar-refractivity contribution in [3.8, 4) is 5.75 Å². The van der Waals surface area contributed by atoms with E-state index >= 15 is 0 Å². The molecule has 0 spiro atoms. The van der Waals surface area contributed by atoms with Crippen molar-refractivity contribution in [3.05, 3.63) is 29.6 Å². The van der Waals surface area contributed by atoms with E-state index in [2.05, 4.69) is 0 Å². The van der Waals surface area contributed by atoms with Gasteiger partial charge in [-0.05, 0) is 38.3 Å². The summed E-state index contributed by atoms with van der Waals surface area (Å²) >= 11 is 0. The molecule has 104 valence electrons. The molecule has 2 rings (SSSR count). The standard InChI is InChI=1S/C15H19FO3/c1-10(17)14-7-6-13(9-15(14)16)19-12-5-3-4-11(8-12)18-2/h6-7,9,11-12H,3-5,8H2,1-2H3. The second kappa shape index (κ2) is 6.15. The number of Topliss-reactive ketones (excluding diaryl/α,β-unsaturated/α-hetero) is 1. The highest BCUT2D eigenvalue weighted by molar-refractivity contribution is 5.94. The smallest absolute Gasteiger partial charge is 0.162 e. The monoisotopic (exact) mass is 266 g/mol. The Labute approximate surface area is 112 Å². The van der Waals surface area contributed by atoms with Gasteiger partial charge in [0, 0.05) is 19.6 Å². The molecule has 19 heavy (non-hydrogen) atoms. The van der Waals surface area contributed by atoms with Crippen LogP contribution in [0.2, 0.25) is 0 Å². The average Bonchev–Trinajstić information content (AvgIpc) is 2.38. The van der Waals surface area contributed by atoms with Crippen molar-refractivity contribution in [1.82, 2.24) is 0 Å². The third-order valence-electron chi connectivity index (χ3n) is 3.53. The molecule has 0 heterocycles. The molecular formula is C15H19FO3. The molecule has 1 aliphatic rings. The van der Waals surface area contributed by atoms with Gasteiger partial charge in [-0.2, -0.15) is 0 Å². The Balaban J connectivity index is 2.03. The molecule has 1 aliphatic carbocycles. The number of benzene rings is 1. The fourth-order valence-corrected chi connectivity index (χ4v) is 2.47. The van der Waals surface area contributed by atoms with Gasteiger partial charge in [-0.25, -0.2) is 4.39 Å². The van der Waals surface area contributed by atoms with E-state index in [0.717, 1.165) is 25.7 Å². The van der Waals surface area contributed by atoms with Crippen LogP contribution in [0.3, 0.4) is 0 Å². The second-order valence-corrected chi connectivity index (χ2v) is 4.96. The zero-order valence-electron chi connectivity index (χ0n) is 11.3. The van der Waals surface area contributed by atoms with Crippen LogP contribution in [0, 0.1) is 5.82 Å². The van der Waals surface area contributed by atoms with Gasteiger partial charge in [0.15, 0.2) is 5.78 Å². The van der Waals surface area contributed by atoms with Crippen LogP contribution < -0.4 is 4.74 Å². The van der Waals surface area contributed by atoms with Gasteiger partial charge in [0.1, 0.15) is 17.7 Å². The summed E-state index contributed by atoms with van der Waals surface area (Å²) in [6.45, 7) is 1.35. The van der Waals surface area contributed by atoms with Crippen LogP contribution in [0.1, 0.15) is 43.0 Å². The third-order valence-corrected chi connectivity index (χ3v) is 3.53. The highest BCUT2D eigenvalue weighted by atomic mass is 19.1. The lowest BCUT2D eigenvalue weighted by molar-refractivity contribution is 0.0209. The van der Waals surface area contributed by atoms with Crippen LogP contribution in [0.15, 0.2) is 18.2 Å². The zero-order chi connectivity index (χ0) is 13.8. The number of halogens is 1. The predicted molar refractivity (Wildman–Crippen MR) is 70.1 cm³/mol. The van der Waals surface area contributed by atoms with Gasteiger partial charge in [-0.3, -0.25) is 4.79 Å². The van der Waals surface area contributed by atoms with Gasteiger partial charge in [0.05, 0.1) is 11.7 Å². The molecule has 0 aliphatic heterocycles. The molecule has 0 radical (unpaired) electrons. The lowest BCUT2D eigenvalue weighted by Gasteiger charge is -2.28.